The molecule has 3 aromatic heterocycles. The predicted octanol–water partition coefficient (Wildman–Crippen LogP) is 2.76. The summed E-state index contributed by atoms with van der Waals surface area (Å²) in [4.78, 5) is 14.6. The number of amides is 1. The molecule has 6 nitrogen and oxygen atoms in total. The minimum absolute atomic E-state index is 0.0382. The van der Waals surface area contributed by atoms with Crippen LogP contribution in [-0.2, 0) is 13.6 Å². The molecule has 4 heterocycles. The highest BCUT2D eigenvalue weighted by molar-refractivity contribution is 5.92. The van der Waals surface area contributed by atoms with Gasteiger partial charge >= 0.3 is 0 Å². The molecular formula is C20H25N5O. The number of aromatic nitrogens is 3. The number of hydrogen-bond acceptors (Lipinski definition) is 3. The van der Waals surface area contributed by atoms with E-state index in [2.05, 4.69) is 33.5 Å². The third-order valence-electron chi connectivity index (χ3n) is 5.46. The van der Waals surface area contributed by atoms with E-state index in [1.165, 1.54) is 24.1 Å². The molecule has 0 radical (unpaired) electrons. The van der Waals surface area contributed by atoms with Crippen molar-refractivity contribution in [3.63, 3.8) is 0 Å². The molecule has 1 fully saturated rings. The van der Waals surface area contributed by atoms with E-state index >= 15 is 0 Å². The zero-order valence-corrected chi connectivity index (χ0v) is 15.4. The average molecular weight is 351 g/mol. The van der Waals surface area contributed by atoms with Gasteiger partial charge in [-0.15, -0.1) is 0 Å². The van der Waals surface area contributed by atoms with Gasteiger partial charge in [0.25, 0.3) is 5.91 Å². The van der Waals surface area contributed by atoms with Crippen LogP contribution in [0.1, 0.15) is 47.1 Å². The Kier molecular flexibility index (Phi) is 4.51. The largest absolute Gasteiger partial charge is 0.354 e. The van der Waals surface area contributed by atoms with Crippen molar-refractivity contribution in [3.8, 4) is 0 Å². The first-order valence-electron chi connectivity index (χ1n) is 9.22. The molecule has 1 aliphatic rings. The first kappa shape index (κ1) is 16.8. The highest BCUT2D eigenvalue weighted by Gasteiger charge is 2.28. The van der Waals surface area contributed by atoms with E-state index in [1.54, 1.807) is 7.05 Å². The van der Waals surface area contributed by atoms with Crippen LogP contribution in [0.4, 0.5) is 0 Å². The molecule has 0 spiro atoms. The van der Waals surface area contributed by atoms with Crippen LogP contribution in [0.5, 0.6) is 0 Å². The summed E-state index contributed by atoms with van der Waals surface area (Å²) in [5.41, 5.74) is 4.33. The van der Waals surface area contributed by atoms with E-state index in [9.17, 15) is 4.79 Å². The normalized spacial score (nSPS) is 18.3. The SMILES string of the molecule is CNC(=O)c1ccc(C2CCCCN2Cc2cnn3ccccc23)n1C. The lowest BCUT2D eigenvalue weighted by Gasteiger charge is -2.36. The molecule has 1 aliphatic heterocycles. The molecule has 136 valence electrons. The lowest BCUT2D eigenvalue weighted by atomic mass is 9.98. The van der Waals surface area contributed by atoms with E-state index in [0.717, 1.165) is 25.0 Å². The summed E-state index contributed by atoms with van der Waals surface area (Å²) >= 11 is 0. The molecule has 4 rings (SSSR count). The predicted molar refractivity (Wildman–Crippen MR) is 101 cm³/mol. The maximum atomic E-state index is 12.1. The molecule has 26 heavy (non-hydrogen) atoms. The lowest BCUT2D eigenvalue weighted by molar-refractivity contribution is 0.0952. The molecule has 1 unspecified atom stereocenters. The van der Waals surface area contributed by atoms with E-state index in [-0.39, 0.29) is 5.91 Å². The number of fused-ring (bicyclic) bond motifs is 1. The van der Waals surface area contributed by atoms with Gasteiger partial charge in [0.15, 0.2) is 0 Å². The summed E-state index contributed by atoms with van der Waals surface area (Å²) < 4.78 is 3.97. The van der Waals surface area contributed by atoms with Crippen LogP contribution < -0.4 is 5.32 Å². The van der Waals surface area contributed by atoms with Gasteiger partial charge in [0, 0.05) is 38.1 Å². The van der Waals surface area contributed by atoms with Crippen molar-refractivity contribution in [2.45, 2.75) is 31.8 Å². The van der Waals surface area contributed by atoms with Crippen LogP contribution in [-0.4, -0.2) is 38.6 Å². The van der Waals surface area contributed by atoms with Crippen molar-refractivity contribution < 1.29 is 4.79 Å². The number of nitrogens with one attached hydrogen (secondary N) is 1. The maximum Gasteiger partial charge on any atom is 0.267 e. The summed E-state index contributed by atoms with van der Waals surface area (Å²) in [7, 11) is 3.66. The monoisotopic (exact) mass is 351 g/mol. The van der Waals surface area contributed by atoms with Gasteiger partial charge < -0.3 is 9.88 Å². The van der Waals surface area contributed by atoms with E-state index in [0.29, 0.717) is 11.7 Å². The quantitative estimate of drug-likeness (QED) is 0.786. The molecule has 0 aromatic carbocycles. The van der Waals surface area contributed by atoms with Gasteiger partial charge in [-0.2, -0.15) is 5.10 Å². The van der Waals surface area contributed by atoms with Gasteiger partial charge in [0.05, 0.1) is 17.8 Å². The van der Waals surface area contributed by atoms with Gasteiger partial charge in [-0.25, -0.2) is 4.52 Å². The first-order valence-corrected chi connectivity index (χ1v) is 9.22. The fraction of sp³-hybridized carbons (Fsp3) is 0.400. The molecule has 1 N–H and O–H groups in total. The molecule has 0 aliphatic carbocycles. The number of carbonyl (C=O) groups excluding carboxylic acids is 1. The summed E-state index contributed by atoms with van der Waals surface area (Å²) in [6, 6.07) is 10.5. The van der Waals surface area contributed by atoms with E-state index < -0.39 is 0 Å². The summed E-state index contributed by atoms with van der Waals surface area (Å²) in [6.45, 7) is 1.94. The number of piperidine rings is 1. The highest BCUT2D eigenvalue weighted by Crippen LogP contribution is 2.33. The number of rotatable bonds is 4. The van der Waals surface area contributed by atoms with Crippen molar-refractivity contribution in [1.82, 2.24) is 24.4 Å². The number of nitrogens with zero attached hydrogens (tertiary/aromatic N) is 4. The van der Waals surface area contributed by atoms with Gasteiger partial charge in [-0.3, -0.25) is 9.69 Å². The van der Waals surface area contributed by atoms with Gasteiger partial charge in [-0.1, -0.05) is 12.5 Å². The Labute approximate surface area is 153 Å². The zero-order valence-electron chi connectivity index (χ0n) is 15.4. The van der Waals surface area contributed by atoms with Crippen molar-refractivity contribution in [2.75, 3.05) is 13.6 Å². The van der Waals surface area contributed by atoms with Crippen molar-refractivity contribution in [3.05, 3.63) is 59.7 Å². The number of pyridine rings is 1. The topological polar surface area (TPSA) is 54.6 Å². The van der Waals surface area contributed by atoms with Crippen LogP contribution in [0.25, 0.3) is 5.52 Å². The minimum atomic E-state index is -0.0382. The van der Waals surface area contributed by atoms with E-state index in [4.69, 9.17) is 0 Å². The number of carbonyl (C=O) groups is 1. The number of likely N-dealkylation sites (tertiary alicyclic amines) is 1. The highest BCUT2D eigenvalue weighted by atomic mass is 16.1. The van der Waals surface area contributed by atoms with Gasteiger partial charge in [0.2, 0.25) is 0 Å². The Hall–Kier alpha value is -2.60. The Morgan fingerprint density at radius 2 is 2.15 bits per heavy atom. The Bertz CT molecular complexity index is 925. The average Bonchev–Trinajstić information content (AvgIpc) is 3.26. The van der Waals surface area contributed by atoms with Gasteiger partial charge in [0.1, 0.15) is 5.69 Å². The van der Waals surface area contributed by atoms with Crippen molar-refractivity contribution >= 4 is 11.4 Å². The smallest absolute Gasteiger partial charge is 0.267 e. The van der Waals surface area contributed by atoms with Crippen LogP contribution in [0.2, 0.25) is 0 Å². The van der Waals surface area contributed by atoms with Crippen molar-refractivity contribution in [1.29, 1.82) is 0 Å². The Balaban J connectivity index is 1.63. The first-order chi connectivity index (χ1) is 12.7. The van der Waals surface area contributed by atoms with Crippen molar-refractivity contribution in [2.24, 2.45) is 7.05 Å². The van der Waals surface area contributed by atoms with Gasteiger partial charge in [-0.05, 0) is 43.7 Å². The second kappa shape index (κ2) is 6.96. The Morgan fingerprint density at radius 1 is 1.27 bits per heavy atom. The summed E-state index contributed by atoms with van der Waals surface area (Å²) in [5, 5.41) is 7.19. The van der Waals surface area contributed by atoms with Crippen LogP contribution >= 0.6 is 0 Å². The Morgan fingerprint density at radius 3 is 3.00 bits per heavy atom. The third-order valence-corrected chi connectivity index (χ3v) is 5.46. The maximum absolute atomic E-state index is 12.1. The number of hydrogen-bond donors (Lipinski definition) is 1. The summed E-state index contributed by atoms with van der Waals surface area (Å²) in [5.74, 6) is -0.0382. The second-order valence-electron chi connectivity index (χ2n) is 6.96. The molecule has 1 atom stereocenters. The van der Waals surface area contributed by atoms with Crippen LogP contribution in [0, 0.1) is 0 Å². The second-order valence-corrected chi connectivity index (χ2v) is 6.96. The lowest BCUT2D eigenvalue weighted by Crippen LogP contribution is -2.34. The van der Waals surface area contributed by atoms with Crippen LogP contribution in [0.3, 0.4) is 0 Å². The molecular weight excluding hydrogens is 326 g/mol. The fourth-order valence-electron chi connectivity index (χ4n) is 4.06. The molecule has 6 heteroatoms. The molecule has 3 aromatic rings. The molecule has 1 amide bonds. The summed E-state index contributed by atoms with van der Waals surface area (Å²) in [6.07, 6.45) is 7.50. The fourth-order valence-corrected chi connectivity index (χ4v) is 4.06. The molecule has 0 saturated carbocycles. The zero-order chi connectivity index (χ0) is 18.1. The van der Waals surface area contributed by atoms with Crippen LogP contribution in [0.15, 0.2) is 42.7 Å². The molecule has 1 saturated heterocycles. The minimum Gasteiger partial charge on any atom is -0.354 e. The molecule has 0 bridgehead atoms. The third kappa shape index (κ3) is 2.90. The van der Waals surface area contributed by atoms with E-state index in [1.807, 2.05) is 40.7 Å². The standard InChI is InChI=1S/C20H25N5O/c1-21-20(26)19-10-9-17(23(19)2)18-8-3-5-11-24(18)14-15-13-22-25-12-6-4-7-16(15)25/h4,6-7,9-10,12-13,18H,3,5,8,11,14H2,1-2H3,(H,21,26).